The summed E-state index contributed by atoms with van der Waals surface area (Å²) in [7, 11) is 2.49. The van der Waals surface area contributed by atoms with Gasteiger partial charge >= 0.3 is 0 Å². The lowest BCUT2D eigenvalue weighted by Gasteiger charge is -2.37. The second-order valence-corrected chi connectivity index (χ2v) is 9.15. The molecule has 150 valence electrons. The Kier molecular flexibility index (Phi) is 14.9. The second-order valence-electron chi connectivity index (χ2n) is 9.15. The Hall–Kier alpha value is -0.0400. The monoisotopic (exact) mass is 352 g/mol. The van der Waals surface area contributed by atoms with Crippen molar-refractivity contribution in [2.45, 2.75) is 129 Å². The van der Waals surface area contributed by atoms with Crippen molar-refractivity contribution < 1.29 is 4.48 Å². The fourth-order valence-corrected chi connectivity index (χ4v) is 4.54. The molecule has 1 aliphatic heterocycles. The number of hydrogen-bond acceptors (Lipinski definition) is 0. The van der Waals surface area contributed by atoms with Crippen molar-refractivity contribution in [2.24, 2.45) is 0 Å². The molecule has 0 spiro atoms. The number of unbranched alkanes of at least 4 members (excludes halogenated alkanes) is 15. The van der Waals surface area contributed by atoms with Crippen molar-refractivity contribution >= 4 is 0 Å². The van der Waals surface area contributed by atoms with Crippen molar-refractivity contribution in [3.05, 3.63) is 0 Å². The van der Waals surface area contributed by atoms with Gasteiger partial charge in [0.15, 0.2) is 0 Å². The van der Waals surface area contributed by atoms with Gasteiger partial charge in [-0.15, -0.1) is 0 Å². The number of rotatable bonds is 17. The zero-order chi connectivity index (χ0) is 18.1. The first kappa shape index (κ1) is 23.0. The molecule has 1 heterocycles. The maximum Gasteiger partial charge on any atom is 0.0784 e. The van der Waals surface area contributed by atoms with Crippen LogP contribution in [-0.2, 0) is 0 Å². The normalized spacial score (nSPS) is 17.0. The van der Waals surface area contributed by atoms with Gasteiger partial charge in [-0.1, -0.05) is 96.8 Å². The average molecular weight is 353 g/mol. The zero-order valence-corrected chi connectivity index (χ0v) is 18.0. The van der Waals surface area contributed by atoms with E-state index >= 15 is 0 Å². The molecule has 0 unspecified atom stereocenters. The van der Waals surface area contributed by atoms with Crippen molar-refractivity contribution in [3.8, 4) is 0 Å². The van der Waals surface area contributed by atoms with Gasteiger partial charge in [0.05, 0.1) is 26.7 Å². The molecule has 0 aromatic rings. The van der Waals surface area contributed by atoms with E-state index in [2.05, 4.69) is 14.0 Å². The van der Waals surface area contributed by atoms with E-state index in [0.717, 1.165) is 0 Å². The summed E-state index contributed by atoms with van der Waals surface area (Å²) in [6.45, 7) is 6.63. The Balaban J connectivity index is 1.72. The highest BCUT2D eigenvalue weighted by atomic mass is 15.3. The lowest BCUT2D eigenvalue weighted by atomic mass is 10.0. The van der Waals surface area contributed by atoms with Crippen LogP contribution in [0.3, 0.4) is 0 Å². The number of quaternary nitrogens is 1. The van der Waals surface area contributed by atoms with Gasteiger partial charge in [0.2, 0.25) is 0 Å². The molecule has 0 amide bonds. The van der Waals surface area contributed by atoms with Crippen LogP contribution in [0.2, 0.25) is 0 Å². The van der Waals surface area contributed by atoms with Crippen LogP contribution in [0, 0.1) is 0 Å². The molecule has 1 heteroatoms. The van der Waals surface area contributed by atoms with Gasteiger partial charge < -0.3 is 4.48 Å². The minimum absolute atomic E-state index is 1.37. The van der Waals surface area contributed by atoms with Crippen LogP contribution >= 0.6 is 0 Å². The largest absolute Gasteiger partial charge is 0.326 e. The highest BCUT2D eigenvalue weighted by molar-refractivity contribution is 4.53. The topological polar surface area (TPSA) is 0 Å². The molecule has 1 nitrogen and oxygen atoms in total. The third-order valence-corrected chi connectivity index (χ3v) is 6.45. The van der Waals surface area contributed by atoms with Crippen LogP contribution < -0.4 is 0 Å². The summed E-state index contributed by atoms with van der Waals surface area (Å²) in [5.74, 6) is 0. The molecule has 0 saturated carbocycles. The van der Waals surface area contributed by atoms with Crippen LogP contribution in [0.25, 0.3) is 0 Å². The smallest absolute Gasteiger partial charge is 0.0784 e. The highest BCUT2D eigenvalue weighted by Gasteiger charge is 2.23. The highest BCUT2D eigenvalue weighted by Crippen LogP contribution is 2.18. The molecular formula is C24H50N+. The van der Waals surface area contributed by atoms with Crippen LogP contribution in [0.5, 0.6) is 0 Å². The molecule has 0 aliphatic carbocycles. The van der Waals surface area contributed by atoms with E-state index in [4.69, 9.17) is 0 Å². The lowest BCUT2D eigenvalue weighted by molar-refractivity contribution is -0.914. The van der Waals surface area contributed by atoms with Gasteiger partial charge in [0.25, 0.3) is 0 Å². The van der Waals surface area contributed by atoms with E-state index in [1.165, 1.54) is 146 Å². The first-order chi connectivity index (χ1) is 12.3. The fraction of sp³-hybridized carbons (Fsp3) is 1.00. The predicted molar refractivity (Wildman–Crippen MR) is 114 cm³/mol. The van der Waals surface area contributed by atoms with E-state index in [0.29, 0.717) is 0 Å². The molecule has 1 saturated heterocycles. The van der Waals surface area contributed by atoms with Crippen LogP contribution in [0.4, 0.5) is 0 Å². The van der Waals surface area contributed by atoms with E-state index < -0.39 is 0 Å². The second kappa shape index (κ2) is 16.2. The predicted octanol–water partition coefficient (Wildman–Crippen LogP) is 7.88. The van der Waals surface area contributed by atoms with E-state index in [1.807, 2.05) is 0 Å². The Morgan fingerprint density at radius 2 is 0.840 bits per heavy atom. The maximum absolute atomic E-state index is 2.49. The van der Waals surface area contributed by atoms with Gasteiger partial charge in [-0.25, -0.2) is 0 Å². The van der Waals surface area contributed by atoms with Crippen LogP contribution in [-0.4, -0.2) is 31.2 Å². The van der Waals surface area contributed by atoms with E-state index in [9.17, 15) is 0 Å². The fourth-order valence-electron chi connectivity index (χ4n) is 4.54. The molecule has 0 aromatic heterocycles. The Morgan fingerprint density at radius 1 is 0.480 bits per heavy atom. The number of piperidine rings is 1. The molecular weight excluding hydrogens is 302 g/mol. The molecule has 1 aliphatic rings. The molecule has 0 atom stereocenters. The zero-order valence-electron chi connectivity index (χ0n) is 18.0. The minimum Gasteiger partial charge on any atom is -0.326 e. The quantitative estimate of drug-likeness (QED) is 0.184. The Labute approximate surface area is 160 Å². The first-order valence-corrected chi connectivity index (χ1v) is 12.1. The van der Waals surface area contributed by atoms with Crippen LogP contribution in [0.15, 0.2) is 0 Å². The molecule has 0 aromatic carbocycles. The van der Waals surface area contributed by atoms with Crippen molar-refractivity contribution in [1.29, 1.82) is 0 Å². The maximum atomic E-state index is 2.49. The number of nitrogens with zero attached hydrogens (tertiary/aromatic N) is 1. The summed E-state index contributed by atoms with van der Waals surface area (Å²) < 4.78 is 1.37. The van der Waals surface area contributed by atoms with Gasteiger partial charge in [0, 0.05) is 0 Å². The van der Waals surface area contributed by atoms with Gasteiger partial charge in [0.1, 0.15) is 0 Å². The van der Waals surface area contributed by atoms with Gasteiger partial charge in [-0.05, 0) is 32.1 Å². The molecule has 0 N–H and O–H groups in total. The average Bonchev–Trinajstić information content (AvgIpc) is 2.62. The van der Waals surface area contributed by atoms with Crippen LogP contribution in [0.1, 0.15) is 129 Å². The SMILES string of the molecule is CCCCCCCCCCCCCCCCCC[N+]1(C)CCCCC1. The standard InChI is InChI=1S/C24H50N/c1-3-4-5-6-7-8-9-10-11-12-13-14-15-16-17-19-22-25(2)23-20-18-21-24-25/h3-24H2,1-2H3/q+1. The lowest BCUT2D eigenvalue weighted by Crippen LogP contribution is -2.48. The summed E-state index contributed by atoms with van der Waals surface area (Å²) in [6.07, 6.45) is 28.0. The molecule has 1 fully saturated rings. The molecule has 0 bridgehead atoms. The minimum atomic E-state index is 1.37. The third-order valence-electron chi connectivity index (χ3n) is 6.45. The van der Waals surface area contributed by atoms with Gasteiger partial charge in [-0.3, -0.25) is 0 Å². The first-order valence-electron chi connectivity index (χ1n) is 12.1. The Morgan fingerprint density at radius 3 is 1.24 bits per heavy atom. The summed E-state index contributed by atoms with van der Waals surface area (Å²) >= 11 is 0. The van der Waals surface area contributed by atoms with Crippen molar-refractivity contribution in [1.82, 2.24) is 0 Å². The van der Waals surface area contributed by atoms with Crippen molar-refractivity contribution in [2.75, 3.05) is 26.7 Å². The van der Waals surface area contributed by atoms with Crippen molar-refractivity contribution in [3.63, 3.8) is 0 Å². The summed E-state index contributed by atoms with van der Waals surface area (Å²) in [6, 6.07) is 0. The molecule has 0 radical (unpaired) electrons. The Bertz CT molecular complexity index is 267. The molecule has 25 heavy (non-hydrogen) atoms. The number of likely N-dealkylation sites (tertiary alicyclic amines) is 1. The van der Waals surface area contributed by atoms with Gasteiger partial charge in [-0.2, -0.15) is 0 Å². The van der Waals surface area contributed by atoms with E-state index in [-0.39, 0.29) is 0 Å². The summed E-state index contributed by atoms with van der Waals surface area (Å²) in [4.78, 5) is 0. The number of hydrogen-bond donors (Lipinski definition) is 0. The third kappa shape index (κ3) is 13.8. The summed E-state index contributed by atoms with van der Waals surface area (Å²) in [5, 5.41) is 0. The van der Waals surface area contributed by atoms with E-state index in [1.54, 1.807) is 0 Å². The molecule has 1 rings (SSSR count). The summed E-state index contributed by atoms with van der Waals surface area (Å²) in [5.41, 5.74) is 0.